The molecule has 5 rings (SSSR count). The van der Waals surface area contributed by atoms with Crippen LogP contribution in [-0.4, -0.2) is 28.2 Å². The first-order valence-corrected chi connectivity index (χ1v) is 11.9. The molecule has 2 heterocycles. The molecular formula is C27H23N3O3S. The van der Waals surface area contributed by atoms with Crippen LogP contribution >= 0.6 is 11.8 Å². The van der Waals surface area contributed by atoms with Crippen molar-refractivity contribution >= 4 is 62.2 Å². The van der Waals surface area contributed by atoms with Crippen molar-refractivity contribution in [2.75, 3.05) is 6.61 Å². The number of esters is 1. The van der Waals surface area contributed by atoms with Crippen molar-refractivity contribution in [3.05, 3.63) is 82.9 Å². The Balaban J connectivity index is 1.51. The Bertz CT molecular complexity index is 1490. The normalized spacial score (nSPS) is 16.0. The zero-order valence-electron chi connectivity index (χ0n) is 18.9. The summed E-state index contributed by atoms with van der Waals surface area (Å²) < 4.78 is 7.08. The predicted octanol–water partition coefficient (Wildman–Crippen LogP) is 5.56. The number of para-hydroxylation sites is 1. The zero-order valence-corrected chi connectivity index (χ0v) is 19.7. The van der Waals surface area contributed by atoms with E-state index in [1.54, 1.807) is 6.92 Å². The number of benzene rings is 3. The molecule has 0 spiro atoms. The van der Waals surface area contributed by atoms with E-state index in [-0.39, 0.29) is 18.4 Å². The Labute approximate surface area is 201 Å². The maximum Gasteiger partial charge on any atom is 0.325 e. The number of hydrogen-bond donors (Lipinski definition) is 1. The van der Waals surface area contributed by atoms with Crippen LogP contribution in [0.3, 0.4) is 0 Å². The van der Waals surface area contributed by atoms with Gasteiger partial charge in [0, 0.05) is 27.5 Å². The average Bonchev–Trinajstić information content (AvgIpc) is 3.31. The van der Waals surface area contributed by atoms with E-state index in [0.717, 1.165) is 38.6 Å². The lowest BCUT2D eigenvalue weighted by Gasteiger charge is -2.07. The van der Waals surface area contributed by atoms with Gasteiger partial charge in [-0.3, -0.25) is 9.59 Å². The fourth-order valence-corrected chi connectivity index (χ4v) is 5.02. The summed E-state index contributed by atoms with van der Waals surface area (Å²) in [5.41, 5.74) is 3.54. The Morgan fingerprint density at radius 2 is 1.79 bits per heavy atom. The Kier molecular flexibility index (Phi) is 5.94. The molecule has 1 aliphatic heterocycles. The summed E-state index contributed by atoms with van der Waals surface area (Å²) in [5, 5.41) is 6.53. The highest BCUT2D eigenvalue weighted by atomic mass is 32.2. The molecule has 1 N–H and O–H groups in total. The number of amides is 1. The van der Waals surface area contributed by atoms with Gasteiger partial charge in [0.15, 0.2) is 5.17 Å². The minimum atomic E-state index is -0.289. The number of rotatable bonds is 5. The molecule has 1 aromatic heterocycles. The lowest BCUT2D eigenvalue weighted by atomic mass is 10.1. The van der Waals surface area contributed by atoms with Gasteiger partial charge >= 0.3 is 5.97 Å². The number of nitrogens with one attached hydrogen (secondary N) is 1. The van der Waals surface area contributed by atoms with Crippen LogP contribution in [0.1, 0.15) is 18.2 Å². The van der Waals surface area contributed by atoms with E-state index in [0.29, 0.717) is 16.7 Å². The van der Waals surface area contributed by atoms with E-state index in [9.17, 15) is 9.59 Å². The van der Waals surface area contributed by atoms with Crippen LogP contribution in [0, 0.1) is 6.92 Å². The number of ether oxygens (including phenoxy) is 1. The van der Waals surface area contributed by atoms with Crippen molar-refractivity contribution in [3.63, 3.8) is 0 Å². The van der Waals surface area contributed by atoms with Crippen LogP contribution in [0.15, 0.2) is 76.6 Å². The first-order chi connectivity index (χ1) is 16.5. The highest BCUT2D eigenvalue weighted by Gasteiger charge is 2.25. The summed E-state index contributed by atoms with van der Waals surface area (Å²) in [6.45, 7) is 4.20. The van der Waals surface area contributed by atoms with Gasteiger partial charge in [-0.1, -0.05) is 54.6 Å². The zero-order chi connectivity index (χ0) is 23.7. The summed E-state index contributed by atoms with van der Waals surface area (Å²) in [5.74, 6) is -0.478. The van der Waals surface area contributed by atoms with Crippen molar-refractivity contribution in [3.8, 4) is 0 Å². The summed E-state index contributed by atoms with van der Waals surface area (Å²) in [7, 11) is 0. The van der Waals surface area contributed by atoms with Crippen LogP contribution in [0.25, 0.3) is 27.8 Å². The molecule has 0 atom stereocenters. The highest BCUT2D eigenvalue weighted by Crippen LogP contribution is 2.34. The van der Waals surface area contributed by atoms with Gasteiger partial charge in [0.2, 0.25) is 0 Å². The average molecular weight is 470 g/mol. The van der Waals surface area contributed by atoms with Gasteiger partial charge in [-0.2, -0.15) is 0 Å². The SMILES string of the molecule is CCOC(=O)Cn1c(C)c(/C=C2\SC(=Nc3cccc4ccccc34)NC2=O)c2ccccc21. The fraction of sp³-hybridized carbons (Fsp3) is 0.148. The van der Waals surface area contributed by atoms with E-state index in [4.69, 9.17) is 9.73 Å². The monoisotopic (exact) mass is 469 g/mol. The third-order valence-corrected chi connectivity index (χ3v) is 6.70. The van der Waals surface area contributed by atoms with Crippen LogP contribution in [0.2, 0.25) is 0 Å². The van der Waals surface area contributed by atoms with Crippen molar-refractivity contribution in [2.24, 2.45) is 4.99 Å². The van der Waals surface area contributed by atoms with Crippen LogP contribution < -0.4 is 5.32 Å². The Morgan fingerprint density at radius 1 is 1.06 bits per heavy atom. The molecule has 170 valence electrons. The standard InChI is InChI=1S/C27H23N3O3S/c1-3-33-25(31)16-30-17(2)21(20-12-6-7-14-23(20)30)15-24-26(32)29-27(34-24)28-22-13-8-10-18-9-4-5-11-19(18)22/h4-15H,3,16H2,1-2H3,(H,28,29,32)/b24-15-. The molecule has 1 aliphatic rings. The quantitative estimate of drug-likeness (QED) is 0.307. The maximum absolute atomic E-state index is 12.8. The van der Waals surface area contributed by atoms with Crippen LogP contribution in [0.5, 0.6) is 0 Å². The second-order valence-corrected chi connectivity index (χ2v) is 8.92. The molecule has 1 amide bonds. The molecule has 34 heavy (non-hydrogen) atoms. The van der Waals surface area contributed by atoms with Gasteiger partial charge in [-0.15, -0.1) is 0 Å². The number of amidine groups is 1. The van der Waals surface area contributed by atoms with Crippen LogP contribution in [0.4, 0.5) is 5.69 Å². The van der Waals surface area contributed by atoms with Crippen molar-refractivity contribution in [1.82, 2.24) is 9.88 Å². The highest BCUT2D eigenvalue weighted by molar-refractivity contribution is 8.18. The Morgan fingerprint density at radius 3 is 2.62 bits per heavy atom. The first kappa shape index (κ1) is 22.0. The third-order valence-electron chi connectivity index (χ3n) is 5.79. The van der Waals surface area contributed by atoms with Crippen molar-refractivity contribution < 1.29 is 14.3 Å². The molecule has 0 radical (unpaired) electrons. The lowest BCUT2D eigenvalue weighted by Crippen LogP contribution is -2.19. The molecule has 1 saturated heterocycles. The third kappa shape index (κ3) is 4.10. The van der Waals surface area contributed by atoms with Crippen molar-refractivity contribution in [2.45, 2.75) is 20.4 Å². The minimum absolute atomic E-state index is 0.122. The number of nitrogens with zero attached hydrogens (tertiary/aromatic N) is 2. The molecule has 0 bridgehead atoms. The lowest BCUT2D eigenvalue weighted by molar-refractivity contribution is -0.143. The topological polar surface area (TPSA) is 72.7 Å². The van der Waals surface area contributed by atoms with Gasteiger partial charge in [-0.05, 0) is 49.2 Å². The van der Waals surface area contributed by atoms with E-state index in [1.165, 1.54) is 11.8 Å². The second kappa shape index (κ2) is 9.19. The summed E-state index contributed by atoms with van der Waals surface area (Å²) in [6.07, 6.45) is 1.88. The number of carbonyl (C=O) groups excluding carboxylic acids is 2. The van der Waals surface area contributed by atoms with Gasteiger partial charge in [0.25, 0.3) is 5.91 Å². The minimum Gasteiger partial charge on any atom is -0.465 e. The molecule has 1 fully saturated rings. The predicted molar refractivity (Wildman–Crippen MR) is 138 cm³/mol. The molecule has 6 nitrogen and oxygen atoms in total. The smallest absolute Gasteiger partial charge is 0.325 e. The number of fused-ring (bicyclic) bond motifs is 2. The maximum atomic E-state index is 12.8. The van der Waals surface area contributed by atoms with Gasteiger partial charge in [0.1, 0.15) is 6.54 Å². The van der Waals surface area contributed by atoms with Gasteiger partial charge in [0.05, 0.1) is 17.2 Å². The molecule has 0 saturated carbocycles. The van der Waals surface area contributed by atoms with Crippen molar-refractivity contribution in [1.29, 1.82) is 0 Å². The molecule has 0 aliphatic carbocycles. The van der Waals surface area contributed by atoms with Gasteiger partial charge in [-0.25, -0.2) is 4.99 Å². The number of aliphatic imine (C=N–C) groups is 1. The molecule has 4 aromatic rings. The number of carbonyl (C=O) groups is 2. The van der Waals surface area contributed by atoms with E-state index in [2.05, 4.69) is 5.32 Å². The summed E-state index contributed by atoms with van der Waals surface area (Å²) in [4.78, 5) is 30.3. The number of hydrogen-bond acceptors (Lipinski definition) is 5. The number of aromatic nitrogens is 1. The summed E-state index contributed by atoms with van der Waals surface area (Å²) >= 11 is 1.32. The largest absolute Gasteiger partial charge is 0.465 e. The second-order valence-electron chi connectivity index (χ2n) is 7.89. The molecule has 0 unspecified atom stereocenters. The molecular weight excluding hydrogens is 446 g/mol. The fourth-order valence-electron chi connectivity index (χ4n) is 4.21. The Hall–Kier alpha value is -3.84. The van der Waals surface area contributed by atoms with Gasteiger partial charge < -0.3 is 14.6 Å². The van der Waals surface area contributed by atoms with E-state index in [1.807, 2.05) is 84.3 Å². The molecule has 3 aromatic carbocycles. The van der Waals surface area contributed by atoms with Crippen LogP contribution in [-0.2, 0) is 20.9 Å². The van der Waals surface area contributed by atoms with E-state index >= 15 is 0 Å². The number of thioether (sulfide) groups is 1. The summed E-state index contributed by atoms with van der Waals surface area (Å²) in [6, 6.07) is 21.8. The first-order valence-electron chi connectivity index (χ1n) is 11.1. The van der Waals surface area contributed by atoms with E-state index < -0.39 is 0 Å². The molecule has 7 heteroatoms.